The van der Waals surface area contributed by atoms with Crippen molar-refractivity contribution in [2.24, 2.45) is 0 Å². The topological polar surface area (TPSA) is 55.4 Å². The van der Waals surface area contributed by atoms with Gasteiger partial charge >= 0.3 is 0 Å². The van der Waals surface area contributed by atoms with E-state index in [1.165, 1.54) is 0 Å². The molecule has 1 N–H and O–H groups in total. The molecule has 0 unspecified atom stereocenters. The van der Waals surface area contributed by atoms with Gasteiger partial charge in [0.1, 0.15) is 5.75 Å². The molecule has 1 aromatic rings. The molecule has 0 spiro atoms. The van der Waals surface area contributed by atoms with E-state index in [2.05, 4.69) is 5.32 Å². The van der Waals surface area contributed by atoms with E-state index < -0.39 is 5.91 Å². The first kappa shape index (κ1) is 12.2. The van der Waals surface area contributed by atoms with Gasteiger partial charge in [0.2, 0.25) is 6.29 Å². The maximum atomic E-state index is 10.6. The first-order chi connectivity index (χ1) is 7.76. The quantitative estimate of drug-likeness (QED) is 0.574. The van der Waals surface area contributed by atoms with Crippen molar-refractivity contribution in [2.45, 2.75) is 13.3 Å². The molecule has 86 valence electrons. The van der Waals surface area contributed by atoms with E-state index in [-0.39, 0.29) is 6.29 Å². The summed E-state index contributed by atoms with van der Waals surface area (Å²) in [4.78, 5) is 20.7. The van der Waals surface area contributed by atoms with Gasteiger partial charge in [0.25, 0.3) is 5.91 Å². The molecular formula is C12H15NO3. The van der Waals surface area contributed by atoms with E-state index in [9.17, 15) is 9.59 Å². The fourth-order valence-corrected chi connectivity index (χ4v) is 1.29. The molecule has 0 aliphatic rings. The lowest BCUT2D eigenvalue weighted by molar-refractivity contribution is -0.131. The third-order valence-electron chi connectivity index (χ3n) is 2.05. The summed E-state index contributed by atoms with van der Waals surface area (Å²) in [6, 6.07) is 7.66. The van der Waals surface area contributed by atoms with Crippen LogP contribution in [0.3, 0.4) is 0 Å². The molecule has 4 nitrogen and oxygen atoms in total. The largest absolute Gasteiger partial charge is 0.494 e. The standard InChI is InChI=1S/C12H15NO3/c1-2-16-11-5-3-10(4-6-11)7-8-13-12(15)9-14/h3-6,9H,2,7-8H2,1H3,(H,13,15). The molecule has 0 bridgehead atoms. The Morgan fingerprint density at radius 1 is 1.38 bits per heavy atom. The Balaban J connectivity index is 2.37. The van der Waals surface area contributed by atoms with Crippen LogP contribution >= 0.6 is 0 Å². The third kappa shape index (κ3) is 4.13. The van der Waals surface area contributed by atoms with Gasteiger partial charge in [0.15, 0.2) is 0 Å². The minimum atomic E-state index is -0.578. The second-order valence-corrected chi connectivity index (χ2v) is 3.24. The number of carbonyl (C=O) groups is 2. The number of amides is 1. The van der Waals surface area contributed by atoms with Crippen LogP contribution in [0, 0.1) is 0 Å². The van der Waals surface area contributed by atoms with Crippen LogP contribution in [0.15, 0.2) is 24.3 Å². The highest BCUT2D eigenvalue weighted by Crippen LogP contribution is 2.11. The summed E-state index contributed by atoms with van der Waals surface area (Å²) < 4.78 is 5.30. The van der Waals surface area contributed by atoms with Crippen LogP contribution < -0.4 is 10.1 Å². The molecule has 0 aliphatic carbocycles. The van der Waals surface area contributed by atoms with Crippen LogP contribution in [-0.2, 0) is 16.0 Å². The summed E-state index contributed by atoms with van der Waals surface area (Å²) in [6.07, 6.45) is 0.976. The molecule has 0 radical (unpaired) electrons. The van der Waals surface area contributed by atoms with Crippen molar-refractivity contribution in [1.82, 2.24) is 5.32 Å². The molecule has 1 amide bonds. The monoisotopic (exact) mass is 221 g/mol. The number of hydrogen-bond acceptors (Lipinski definition) is 3. The van der Waals surface area contributed by atoms with Crippen molar-refractivity contribution in [2.75, 3.05) is 13.2 Å². The first-order valence-corrected chi connectivity index (χ1v) is 5.21. The zero-order valence-electron chi connectivity index (χ0n) is 9.23. The normalized spacial score (nSPS) is 9.56. The zero-order valence-corrected chi connectivity index (χ0v) is 9.23. The lowest BCUT2D eigenvalue weighted by Gasteiger charge is -2.05. The number of carbonyl (C=O) groups excluding carboxylic acids is 2. The minimum Gasteiger partial charge on any atom is -0.494 e. The molecule has 0 aliphatic heterocycles. The van der Waals surface area contributed by atoms with Crippen LogP contribution in [0.5, 0.6) is 5.75 Å². The summed E-state index contributed by atoms with van der Waals surface area (Å²) in [6.45, 7) is 3.04. The predicted octanol–water partition coefficient (Wildman–Crippen LogP) is 0.943. The number of benzene rings is 1. The average Bonchev–Trinajstić information content (AvgIpc) is 2.31. The molecule has 0 saturated heterocycles. The molecule has 16 heavy (non-hydrogen) atoms. The number of aldehydes is 1. The Morgan fingerprint density at radius 2 is 2.06 bits per heavy atom. The average molecular weight is 221 g/mol. The van der Waals surface area contributed by atoms with Crippen LogP contribution in [0.1, 0.15) is 12.5 Å². The van der Waals surface area contributed by atoms with Crippen LogP contribution in [0.25, 0.3) is 0 Å². The van der Waals surface area contributed by atoms with E-state index in [0.29, 0.717) is 19.6 Å². The Bertz CT molecular complexity index is 346. The van der Waals surface area contributed by atoms with Gasteiger partial charge < -0.3 is 10.1 Å². The summed E-state index contributed by atoms with van der Waals surface area (Å²) in [5.41, 5.74) is 1.09. The smallest absolute Gasteiger partial charge is 0.284 e. The lowest BCUT2D eigenvalue weighted by atomic mass is 10.1. The number of rotatable bonds is 6. The van der Waals surface area contributed by atoms with E-state index >= 15 is 0 Å². The summed E-state index contributed by atoms with van der Waals surface area (Å²) >= 11 is 0. The maximum absolute atomic E-state index is 10.6. The summed E-state index contributed by atoms with van der Waals surface area (Å²) in [5.74, 6) is 0.258. The molecule has 1 aromatic carbocycles. The lowest BCUT2D eigenvalue weighted by Crippen LogP contribution is -2.26. The van der Waals surface area contributed by atoms with E-state index in [4.69, 9.17) is 4.74 Å². The summed E-state index contributed by atoms with van der Waals surface area (Å²) in [5, 5.41) is 2.48. The predicted molar refractivity (Wildman–Crippen MR) is 60.4 cm³/mol. The van der Waals surface area contributed by atoms with Gasteiger partial charge in [-0.15, -0.1) is 0 Å². The van der Waals surface area contributed by atoms with Gasteiger partial charge in [-0.05, 0) is 31.0 Å². The molecule has 0 saturated carbocycles. The highest BCUT2D eigenvalue weighted by Gasteiger charge is 1.98. The molecule has 4 heteroatoms. The molecule has 0 aromatic heterocycles. The van der Waals surface area contributed by atoms with Crippen molar-refractivity contribution in [3.8, 4) is 5.75 Å². The number of nitrogens with one attached hydrogen (secondary N) is 1. The fraction of sp³-hybridized carbons (Fsp3) is 0.333. The van der Waals surface area contributed by atoms with Crippen molar-refractivity contribution >= 4 is 12.2 Å². The van der Waals surface area contributed by atoms with E-state index in [1.807, 2.05) is 31.2 Å². The molecule has 0 atom stereocenters. The van der Waals surface area contributed by atoms with Gasteiger partial charge in [0.05, 0.1) is 6.61 Å². The highest BCUT2D eigenvalue weighted by atomic mass is 16.5. The van der Waals surface area contributed by atoms with Crippen LogP contribution in [0.4, 0.5) is 0 Å². The molecule has 0 heterocycles. The van der Waals surface area contributed by atoms with Gasteiger partial charge in [0, 0.05) is 6.54 Å². The van der Waals surface area contributed by atoms with Gasteiger partial charge in [-0.1, -0.05) is 12.1 Å². The number of ether oxygens (including phenoxy) is 1. The Kier molecular flexibility index (Phi) is 5.05. The summed E-state index contributed by atoms with van der Waals surface area (Å²) in [7, 11) is 0. The second kappa shape index (κ2) is 6.61. The van der Waals surface area contributed by atoms with Gasteiger partial charge in [-0.25, -0.2) is 0 Å². The SMILES string of the molecule is CCOc1ccc(CCNC(=O)C=O)cc1. The third-order valence-corrected chi connectivity index (χ3v) is 2.05. The van der Waals surface area contributed by atoms with Gasteiger partial charge in [-0.3, -0.25) is 9.59 Å². The van der Waals surface area contributed by atoms with Crippen molar-refractivity contribution in [1.29, 1.82) is 0 Å². The first-order valence-electron chi connectivity index (χ1n) is 5.21. The Hall–Kier alpha value is -1.84. The second-order valence-electron chi connectivity index (χ2n) is 3.24. The number of hydrogen-bond donors (Lipinski definition) is 1. The van der Waals surface area contributed by atoms with Crippen LogP contribution in [-0.4, -0.2) is 25.3 Å². The van der Waals surface area contributed by atoms with Crippen molar-refractivity contribution in [3.05, 3.63) is 29.8 Å². The minimum absolute atomic E-state index is 0.276. The van der Waals surface area contributed by atoms with E-state index in [1.54, 1.807) is 0 Å². The highest BCUT2D eigenvalue weighted by molar-refractivity contribution is 6.23. The Morgan fingerprint density at radius 3 is 2.62 bits per heavy atom. The van der Waals surface area contributed by atoms with Crippen LogP contribution in [0.2, 0.25) is 0 Å². The molecular weight excluding hydrogens is 206 g/mol. The molecule has 1 rings (SSSR count). The van der Waals surface area contributed by atoms with Gasteiger partial charge in [-0.2, -0.15) is 0 Å². The van der Waals surface area contributed by atoms with E-state index in [0.717, 1.165) is 11.3 Å². The fourth-order valence-electron chi connectivity index (χ4n) is 1.29. The van der Waals surface area contributed by atoms with Crippen molar-refractivity contribution in [3.63, 3.8) is 0 Å². The zero-order chi connectivity index (χ0) is 11.8. The molecule has 0 fully saturated rings. The Labute approximate surface area is 94.6 Å². The maximum Gasteiger partial charge on any atom is 0.284 e. The van der Waals surface area contributed by atoms with Crippen molar-refractivity contribution < 1.29 is 14.3 Å².